The molecule has 0 bridgehead atoms. The Labute approximate surface area is 205 Å². The number of hydrogen-bond donors (Lipinski definition) is 0. The Balaban J connectivity index is 1.35. The van der Waals surface area contributed by atoms with Gasteiger partial charge in [-0.25, -0.2) is 0 Å². The van der Waals surface area contributed by atoms with Gasteiger partial charge in [0.05, 0.1) is 5.69 Å². The summed E-state index contributed by atoms with van der Waals surface area (Å²) < 4.78 is 1.95. The van der Waals surface area contributed by atoms with E-state index in [1.807, 2.05) is 4.68 Å². The van der Waals surface area contributed by atoms with Crippen LogP contribution < -0.4 is 0 Å². The molecule has 0 spiro atoms. The molecule has 34 heavy (non-hydrogen) atoms. The van der Waals surface area contributed by atoms with Crippen LogP contribution in [0.25, 0.3) is 11.8 Å². The zero-order chi connectivity index (χ0) is 23.3. The van der Waals surface area contributed by atoms with E-state index in [0.717, 1.165) is 44.2 Å². The number of benzene rings is 2. The van der Waals surface area contributed by atoms with Gasteiger partial charge in [-0.1, -0.05) is 66.7 Å². The maximum Gasteiger partial charge on any atom is 0.179 e. The first kappa shape index (κ1) is 22.7. The van der Waals surface area contributed by atoms with Crippen molar-refractivity contribution >= 4 is 17.4 Å². The fraction of sp³-hybridized carbons (Fsp3) is 0.296. The Hall–Kier alpha value is -3.13. The van der Waals surface area contributed by atoms with Gasteiger partial charge in [-0.15, -0.1) is 16.4 Å². The van der Waals surface area contributed by atoms with Crippen LogP contribution in [-0.4, -0.2) is 62.7 Å². The van der Waals surface area contributed by atoms with Gasteiger partial charge in [-0.05, 0) is 52.4 Å². The van der Waals surface area contributed by atoms with Crippen LogP contribution in [0.5, 0.6) is 0 Å². The summed E-state index contributed by atoms with van der Waals surface area (Å²) in [7, 11) is 0. The number of rotatable bonds is 7. The number of aryl methyl sites for hydroxylation is 2. The molecule has 1 fully saturated rings. The first-order valence-electron chi connectivity index (χ1n) is 11.8. The number of piperazine rings is 1. The van der Waals surface area contributed by atoms with Crippen LogP contribution in [0.3, 0.4) is 0 Å². The minimum Gasteiger partial charge on any atom is -0.297 e. The molecule has 0 aliphatic carbocycles. The van der Waals surface area contributed by atoms with Gasteiger partial charge in [0.2, 0.25) is 0 Å². The molecule has 1 aliphatic rings. The number of thiophene rings is 1. The first-order chi connectivity index (χ1) is 16.7. The average Bonchev–Trinajstić information content (AvgIpc) is 3.55. The average molecular weight is 471 g/mol. The fourth-order valence-electron chi connectivity index (χ4n) is 4.69. The Morgan fingerprint density at radius 2 is 1.68 bits per heavy atom. The largest absolute Gasteiger partial charge is 0.297 e. The first-order valence-corrected chi connectivity index (χ1v) is 12.6. The van der Waals surface area contributed by atoms with Gasteiger partial charge in [0, 0.05) is 37.6 Å². The number of hydrogen-bond acceptors (Lipinski definition) is 6. The van der Waals surface area contributed by atoms with Crippen molar-refractivity contribution in [3.8, 4) is 5.69 Å². The molecule has 0 radical (unpaired) electrons. The molecule has 2 aromatic heterocycles. The summed E-state index contributed by atoms with van der Waals surface area (Å²) in [5.74, 6) is 0.886. The molecule has 0 amide bonds. The van der Waals surface area contributed by atoms with Gasteiger partial charge in [0.15, 0.2) is 5.82 Å². The summed E-state index contributed by atoms with van der Waals surface area (Å²) in [6.45, 7) is 9.19. The Bertz CT molecular complexity index is 1200. The predicted molar refractivity (Wildman–Crippen MR) is 138 cm³/mol. The lowest BCUT2D eigenvalue weighted by atomic mass is 10.1. The lowest BCUT2D eigenvalue weighted by Crippen LogP contribution is -2.48. The standard InChI is InChI=1S/C27H30N6S/c1-21-9-6-10-22(2)25(21)33-27(28-29-30-33)26(24-14-8-20-34-24)32-18-16-31(17-19-32)15-7-13-23-11-4-3-5-12-23/h3-14,20,26H,15-19H2,1-2H3/b13-7+. The van der Waals surface area contributed by atoms with E-state index in [-0.39, 0.29) is 6.04 Å². The maximum absolute atomic E-state index is 4.55. The van der Waals surface area contributed by atoms with E-state index >= 15 is 0 Å². The van der Waals surface area contributed by atoms with Crippen molar-refractivity contribution < 1.29 is 0 Å². The van der Waals surface area contributed by atoms with Crippen LogP contribution >= 0.6 is 11.3 Å². The van der Waals surface area contributed by atoms with E-state index in [4.69, 9.17) is 0 Å². The highest BCUT2D eigenvalue weighted by Crippen LogP contribution is 2.33. The molecular formula is C27H30N6S. The lowest BCUT2D eigenvalue weighted by Gasteiger charge is -2.38. The third kappa shape index (κ3) is 4.87. The highest BCUT2D eigenvalue weighted by molar-refractivity contribution is 7.10. The highest BCUT2D eigenvalue weighted by Gasteiger charge is 2.32. The van der Waals surface area contributed by atoms with Gasteiger partial charge in [-0.2, -0.15) is 4.68 Å². The van der Waals surface area contributed by atoms with Crippen molar-refractivity contribution in [1.29, 1.82) is 0 Å². The van der Waals surface area contributed by atoms with Gasteiger partial charge >= 0.3 is 0 Å². The van der Waals surface area contributed by atoms with Crippen molar-refractivity contribution in [1.82, 2.24) is 30.0 Å². The number of para-hydroxylation sites is 1. The second kappa shape index (κ2) is 10.4. The van der Waals surface area contributed by atoms with Crippen LogP contribution in [0.1, 0.15) is 33.4 Å². The molecule has 2 aromatic carbocycles. The third-order valence-corrected chi connectivity index (χ3v) is 7.37. The molecule has 4 aromatic rings. The number of aromatic nitrogens is 4. The van der Waals surface area contributed by atoms with E-state index in [1.165, 1.54) is 21.6 Å². The molecule has 1 atom stereocenters. The van der Waals surface area contributed by atoms with Gasteiger partial charge in [-0.3, -0.25) is 9.80 Å². The van der Waals surface area contributed by atoms with Gasteiger partial charge in [0.25, 0.3) is 0 Å². The van der Waals surface area contributed by atoms with Gasteiger partial charge in [0.1, 0.15) is 6.04 Å². The predicted octanol–water partition coefficient (Wildman–Crippen LogP) is 4.76. The highest BCUT2D eigenvalue weighted by atomic mass is 32.1. The van der Waals surface area contributed by atoms with Crippen LogP contribution in [0, 0.1) is 13.8 Å². The van der Waals surface area contributed by atoms with Crippen molar-refractivity contribution in [3.05, 3.63) is 99.5 Å². The van der Waals surface area contributed by atoms with Crippen LogP contribution in [0.2, 0.25) is 0 Å². The SMILES string of the molecule is Cc1cccc(C)c1-n1nnnc1C(c1cccs1)N1CCN(C/C=C/c2ccccc2)CC1. The molecule has 5 rings (SSSR count). The summed E-state index contributed by atoms with van der Waals surface area (Å²) in [5.41, 5.74) is 4.67. The molecule has 0 saturated carbocycles. The van der Waals surface area contributed by atoms with E-state index in [0.29, 0.717) is 0 Å². The van der Waals surface area contributed by atoms with Crippen molar-refractivity contribution in [2.45, 2.75) is 19.9 Å². The van der Waals surface area contributed by atoms with Crippen molar-refractivity contribution in [2.24, 2.45) is 0 Å². The third-order valence-electron chi connectivity index (χ3n) is 6.45. The van der Waals surface area contributed by atoms with E-state index in [2.05, 4.69) is 117 Å². The Morgan fingerprint density at radius 1 is 0.912 bits per heavy atom. The molecule has 6 nitrogen and oxygen atoms in total. The molecule has 174 valence electrons. The van der Waals surface area contributed by atoms with Crippen molar-refractivity contribution in [3.63, 3.8) is 0 Å². The Morgan fingerprint density at radius 3 is 2.38 bits per heavy atom. The normalized spacial score (nSPS) is 16.3. The fourth-order valence-corrected chi connectivity index (χ4v) is 5.54. The van der Waals surface area contributed by atoms with Crippen LogP contribution in [0.4, 0.5) is 0 Å². The Kier molecular flexibility index (Phi) is 6.94. The lowest BCUT2D eigenvalue weighted by molar-refractivity contribution is 0.115. The quantitative estimate of drug-likeness (QED) is 0.390. The van der Waals surface area contributed by atoms with Crippen LogP contribution in [-0.2, 0) is 0 Å². The maximum atomic E-state index is 4.55. The van der Waals surface area contributed by atoms with Crippen LogP contribution in [0.15, 0.2) is 72.1 Å². The summed E-state index contributed by atoms with van der Waals surface area (Å²) in [6.07, 6.45) is 4.47. The second-order valence-corrected chi connectivity index (χ2v) is 9.74. The van der Waals surface area contributed by atoms with Crippen molar-refractivity contribution in [2.75, 3.05) is 32.7 Å². The molecule has 1 saturated heterocycles. The minimum absolute atomic E-state index is 0.0380. The molecule has 3 heterocycles. The summed E-state index contributed by atoms with van der Waals surface area (Å²) >= 11 is 1.77. The molecular weight excluding hydrogens is 440 g/mol. The molecule has 1 unspecified atom stereocenters. The number of tetrazole rings is 1. The minimum atomic E-state index is 0.0380. The summed E-state index contributed by atoms with van der Waals surface area (Å²) in [4.78, 5) is 6.31. The monoisotopic (exact) mass is 470 g/mol. The molecule has 0 N–H and O–H groups in total. The zero-order valence-corrected chi connectivity index (χ0v) is 20.5. The topological polar surface area (TPSA) is 50.1 Å². The van der Waals surface area contributed by atoms with E-state index < -0.39 is 0 Å². The number of nitrogens with zero attached hydrogens (tertiary/aromatic N) is 6. The molecule has 7 heteroatoms. The second-order valence-electron chi connectivity index (χ2n) is 8.76. The van der Waals surface area contributed by atoms with Gasteiger partial charge < -0.3 is 0 Å². The van der Waals surface area contributed by atoms with E-state index in [1.54, 1.807) is 11.3 Å². The summed E-state index contributed by atoms with van der Waals surface area (Å²) in [6, 6.07) is 21.2. The smallest absolute Gasteiger partial charge is 0.179 e. The summed E-state index contributed by atoms with van der Waals surface area (Å²) in [5, 5.41) is 15.2. The van der Waals surface area contributed by atoms with E-state index in [9.17, 15) is 0 Å². The molecule has 1 aliphatic heterocycles. The zero-order valence-electron chi connectivity index (χ0n) is 19.7.